The maximum atomic E-state index is 12.3. The molecule has 3 amide bonds. The summed E-state index contributed by atoms with van der Waals surface area (Å²) in [7, 11) is 0. The number of ether oxygens (including phenoxy) is 3. The lowest BCUT2D eigenvalue weighted by molar-refractivity contribution is 0.0242. The fourth-order valence-corrected chi connectivity index (χ4v) is 2.31. The zero-order chi connectivity index (χ0) is 23.9. The molecule has 0 fully saturated rings. The van der Waals surface area contributed by atoms with Gasteiger partial charge in [-0.3, -0.25) is 0 Å². The molecule has 0 rings (SSSR count). The van der Waals surface area contributed by atoms with Crippen LogP contribution in [0, 0.1) is 0 Å². The number of nitrogens with zero attached hydrogens (tertiary/aromatic N) is 1. The molecule has 0 spiro atoms. The summed E-state index contributed by atoms with van der Waals surface area (Å²) < 4.78 is 15.7. The number of carbonyl (C=O) groups excluding carboxylic acids is 3. The maximum absolute atomic E-state index is 12.3. The van der Waals surface area contributed by atoms with Gasteiger partial charge in [0.1, 0.15) is 11.2 Å². The zero-order valence-corrected chi connectivity index (χ0v) is 20.0. The van der Waals surface area contributed by atoms with Crippen LogP contribution in [0.2, 0.25) is 0 Å². The molecule has 10 nitrogen and oxygen atoms in total. The van der Waals surface area contributed by atoms with Gasteiger partial charge in [0.25, 0.3) is 0 Å². The zero-order valence-electron chi connectivity index (χ0n) is 20.0. The number of rotatable bonds is 12. The number of carbonyl (C=O) groups is 3. The van der Waals surface area contributed by atoms with Crippen LogP contribution in [0.1, 0.15) is 67.2 Å². The molecule has 0 unspecified atom stereocenters. The first-order chi connectivity index (χ1) is 14.3. The number of nitrogens with one attached hydrogen (secondary N) is 2. The predicted molar refractivity (Wildman–Crippen MR) is 119 cm³/mol. The molecule has 0 bridgehead atoms. The molecule has 10 heteroatoms. The smallest absolute Gasteiger partial charge is 0.410 e. The molecule has 0 radical (unpaired) electrons. The number of nitrogens with two attached hydrogens (primary N) is 1. The van der Waals surface area contributed by atoms with Crippen molar-refractivity contribution >= 4 is 18.3 Å². The number of alkyl carbamates (subject to hydrolysis) is 2. The lowest BCUT2D eigenvalue weighted by atomic mass is 10.2. The van der Waals surface area contributed by atoms with Crippen molar-refractivity contribution in [1.29, 1.82) is 0 Å². The summed E-state index contributed by atoms with van der Waals surface area (Å²) in [5, 5.41) is 5.24. The average molecular weight is 447 g/mol. The molecule has 0 saturated carbocycles. The van der Waals surface area contributed by atoms with Crippen LogP contribution >= 0.6 is 0 Å². The summed E-state index contributed by atoms with van der Waals surface area (Å²) in [6.07, 6.45) is 1.19. The van der Waals surface area contributed by atoms with Gasteiger partial charge >= 0.3 is 18.3 Å². The molecule has 4 N–H and O–H groups in total. The summed E-state index contributed by atoms with van der Waals surface area (Å²) >= 11 is 0. The Morgan fingerprint density at radius 3 is 1.87 bits per heavy atom. The molecule has 0 aromatic heterocycles. The fourth-order valence-electron chi connectivity index (χ4n) is 2.31. The Hall–Kier alpha value is -2.23. The minimum atomic E-state index is -0.554. The Balaban J connectivity index is 3.92. The lowest BCUT2D eigenvalue weighted by Crippen LogP contribution is -2.38. The van der Waals surface area contributed by atoms with E-state index in [1.54, 1.807) is 25.7 Å². The van der Waals surface area contributed by atoms with Crippen LogP contribution in [0.15, 0.2) is 0 Å². The molecule has 0 aromatic rings. The fraction of sp³-hybridized carbons (Fsp3) is 0.857. The van der Waals surface area contributed by atoms with E-state index >= 15 is 0 Å². The highest BCUT2D eigenvalue weighted by molar-refractivity contribution is 5.68. The largest absolute Gasteiger partial charge is 0.450 e. The third kappa shape index (κ3) is 18.3. The number of unbranched alkanes of at least 4 members (excludes halogenated alkanes) is 1. The van der Waals surface area contributed by atoms with Gasteiger partial charge in [0.05, 0.1) is 6.61 Å². The molecule has 0 aliphatic heterocycles. The third-order valence-corrected chi connectivity index (χ3v) is 3.63. The lowest BCUT2D eigenvalue weighted by Gasteiger charge is -2.27. The van der Waals surface area contributed by atoms with Crippen molar-refractivity contribution in [1.82, 2.24) is 15.5 Å². The molecule has 0 atom stereocenters. The highest BCUT2D eigenvalue weighted by Gasteiger charge is 2.21. The van der Waals surface area contributed by atoms with E-state index < -0.39 is 23.4 Å². The molecule has 0 heterocycles. The van der Waals surface area contributed by atoms with E-state index in [-0.39, 0.29) is 12.7 Å². The summed E-state index contributed by atoms with van der Waals surface area (Å²) in [5.74, 6) is 0. The molecule has 182 valence electrons. The highest BCUT2D eigenvalue weighted by atomic mass is 16.6. The first kappa shape index (κ1) is 28.8. The van der Waals surface area contributed by atoms with Crippen LogP contribution < -0.4 is 16.4 Å². The summed E-state index contributed by atoms with van der Waals surface area (Å²) in [6, 6.07) is 0. The number of hydrogen-bond acceptors (Lipinski definition) is 7. The van der Waals surface area contributed by atoms with Gasteiger partial charge in [-0.05, 0) is 73.8 Å². The summed E-state index contributed by atoms with van der Waals surface area (Å²) in [6.45, 7) is 13.4. The molecule has 0 saturated heterocycles. The second-order valence-electron chi connectivity index (χ2n) is 9.16. The quantitative estimate of drug-likeness (QED) is 0.310. The molecule has 0 aliphatic carbocycles. The maximum Gasteiger partial charge on any atom is 0.410 e. The van der Waals surface area contributed by atoms with E-state index in [2.05, 4.69) is 10.6 Å². The first-order valence-corrected chi connectivity index (χ1v) is 10.9. The second-order valence-corrected chi connectivity index (χ2v) is 9.16. The SMILES string of the molecule is CC(C)(C)OC(=O)NCCCNC(=O)OCCCCN(CCCN)C(=O)OC(C)(C)C. The Morgan fingerprint density at radius 1 is 0.774 bits per heavy atom. The van der Waals surface area contributed by atoms with Gasteiger partial charge in [-0.15, -0.1) is 0 Å². The van der Waals surface area contributed by atoms with Crippen molar-refractivity contribution in [3.63, 3.8) is 0 Å². The number of hydrogen-bond donors (Lipinski definition) is 3. The topological polar surface area (TPSA) is 132 Å². The summed E-state index contributed by atoms with van der Waals surface area (Å²) in [5.41, 5.74) is 4.45. The van der Waals surface area contributed by atoms with Gasteiger partial charge in [-0.25, -0.2) is 14.4 Å². The van der Waals surface area contributed by atoms with E-state index in [0.717, 1.165) is 0 Å². The van der Waals surface area contributed by atoms with Crippen molar-refractivity contribution in [2.24, 2.45) is 5.73 Å². The van der Waals surface area contributed by atoms with Crippen LogP contribution in [0.3, 0.4) is 0 Å². The van der Waals surface area contributed by atoms with Crippen molar-refractivity contribution in [3.8, 4) is 0 Å². The van der Waals surface area contributed by atoms with Gasteiger partial charge in [0.15, 0.2) is 0 Å². The molecular formula is C21H42N4O6. The van der Waals surface area contributed by atoms with Gasteiger partial charge < -0.3 is 35.5 Å². The van der Waals surface area contributed by atoms with Crippen LogP contribution in [0.25, 0.3) is 0 Å². The van der Waals surface area contributed by atoms with E-state index in [1.165, 1.54) is 0 Å². The van der Waals surface area contributed by atoms with Gasteiger partial charge in [0.2, 0.25) is 0 Å². The Kier molecular flexibility index (Phi) is 13.7. The van der Waals surface area contributed by atoms with Crippen LogP contribution in [-0.4, -0.2) is 73.7 Å². The molecule has 31 heavy (non-hydrogen) atoms. The van der Waals surface area contributed by atoms with Crippen molar-refractivity contribution in [2.75, 3.05) is 39.3 Å². The van der Waals surface area contributed by atoms with Crippen molar-refractivity contribution in [2.45, 2.75) is 78.4 Å². The predicted octanol–water partition coefficient (Wildman–Crippen LogP) is 2.99. The normalized spacial score (nSPS) is 11.5. The summed E-state index contributed by atoms with van der Waals surface area (Å²) in [4.78, 5) is 37.1. The average Bonchev–Trinajstić information content (AvgIpc) is 2.60. The van der Waals surface area contributed by atoms with Crippen molar-refractivity contribution in [3.05, 3.63) is 0 Å². The Morgan fingerprint density at radius 2 is 1.32 bits per heavy atom. The second kappa shape index (κ2) is 14.7. The standard InChI is InChI=1S/C21H42N4O6/c1-20(2,3)30-18(27)24-13-10-12-23-17(26)29-16-8-7-14-25(15-9-11-22)19(28)31-21(4,5)6/h7-16,22H2,1-6H3,(H,23,26)(H,24,27). The minimum absolute atomic E-state index is 0.251. The van der Waals surface area contributed by atoms with E-state index in [1.807, 2.05) is 20.8 Å². The highest BCUT2D eigenvalue weighted by Crippen LogP contribution is 2.11. The molecular weight excluding hydrogens is 404 g/mol. The third-order valence-electron chi connectivity index (χ3n) is 3.63. The van der Waals surface area contributed by atoms with Gasteiger partial charge in [0, 0.05) is 26.2 Å². The molecule has 0 aromatic carbocycles. The van der Waals surface area contributed by atoms with Crippen LogP contribution in [0.5, 0.6) is 0 Å². The van der Waals surface area contributed by atoms with Crippen LogP contribution in [-0.2, 0) is 14.2 Å². The number of amides is 3. The van der Waals surface area contributed by atoms with E-state index in [9.17, 15) is 14.4 Å². The Labute approximate surface area is 186 Å². The van der Waals surface area contributed by atoms with E-state index in [4.69, 9.17) is 19.9 Å². The molecule has 0 aliphatic rings. The van der Waals surface area contributed by atoms with Crippen molar-refractivity contribution < 1.29 is 28.6 Å². The van der Waals surface area contributed by atoms with Gasteiger partial charge in [-0.1, -0.05) is 0 Å². The van der Waals surface area contributed by atoms with Crippen LogP contribution in [0.4, 0.5) is 14.4 Å². The van der Waals surface area contributed by atoms with E-state index in [0.29, 0.717) is 58.4 Å². The monoisotopic (exact) mass is 446 g/mol. The minimum Gasteiger partial charge on any atom is -0.450 e. The Bertz CT molecular complexity index is 543. The first-order valence-electron chi connectivity index (χ1n) is 10.9. The van der Waals surface area contributed by atoms with Gasteiger partial charge in [-0.2, -0.15) is 0 Å².